The monoisotopic (exact) mass is 245 g/mol. The van der Waals surface area contributed by atoms with E-state index in [0.717, 1.165) is 0 Å². The molecule has 0 spiro atoms. The van der Waals surface area contributed by atoms with E-state index < -0.39 is 17.7 Å². The maximum absolute atomic E-state index is 12.5. The van der Waals surface area contributed by atoms with Gasteiger partial charge in [0.2, 0.25) is 5.95 Å². The second-order valence-electron chi connectivity index (χ2n) is 3.09. The molecule has 0 unspecified atom stereocenters. The third kappa shape index (κ3) is 1.84. The summed E-state index contributed by atoms with van der Waals surface area (Å²) in [6.07, 6.45) is -4.72. The summed E-state index contributed by atoms with van der Waals surface area (Å²) in [6.45, 7) is 0. The molecular formula is C7H6F3N7. The van der Waals surface area contributed by atoms with Crippen molar-refractivity contribution in [1.82, 2.24) is 19.9 Å². The molecule has 2 rings (SSSR count). The normalized spacial score (nSPS) is 11.9. The van der Waals surface area contributed by atoms with Crippen LogP contribution in [0.25, 0.3) is 11.2 Å². The first-order chi connectivity index (χ1) is 7.79. The maximum atomic E-state index is 12.5. The first-order valence-corrected chi connectivity index (χ1v) is 4.22. The maximum Gasteiger partial charge on any atom is 0.437 e. The highest BCUT2D eigenvalue weighted by Gasteiger charge is 2.36. The highest BCUT2D eigenvalue weighted by Crippen LogP contribution is 2.32. The average molecular weight is 245 g/mol. The van der Waals surface area contributed by atoms with Crippen LogP contribution in [0.3, 0.4) is 0 Å². The Balaban J connectivity index is 2.81. The molecule has 0 bridgehead atoms. The molecule has 0 saturated carbocycles. The number of rotatable bonds is 0. The molecule has 2 aromatic heterocycles. The van der Waals surface area contributed by atoms with Crippen molar-refractivity contribution in [2.24, 2.45) is 0 Å². The molecule has 2 heterocycles. The molecular weight excluding hydrogens is 239 g/mol. The van der Waals surface area contributed by atoms with Crippen molar-refractivity contribution in [1.29, 1.82) is 0 Å². The van der Waals surface area contributed by atoms with Gasteiger partial charge in [0.05, 0.1) is 0 Å². The molecule has 0 aliphatic carbocycles. The van der Waals surface area contributed by atoms with Crippen molar-refractivity contribution in [3.8, 4) is 0 Å². The highest BCUT2D eigenvalue weighted by atomic mass is 19.4. The molecule has 0 aromatic carbocycles. The summed E-state index contributed by atoms with van der Waals surface area (Å²) < 4.78 is 37.5. The van der Waals surface area contributed by atoms with Crippen LogP contribution in [0, 0.1) is 0 Å². The molecule has 0 aliphatic rings. The van der Waals surface area contributed by atoms with Crippen LogP contribution < -0.4 is 17.2 Å². The number of aromatic nitrogens is 4. The third-order valence-corrected chi connectivity index (χ3v) is 1.87. The number of nitrogen functional groups attached to an aromatic ring is 3. The number of fused-ring (bicyclic) bond motifs is 1. The first kappa shape index (κ1) is 11.1. The van der Waals surface area contributed by atoms with Gasteiger partial charge in [-0.2, -0.15) is 23.1 Å². The van der Waals surface area contributed by atoms with Gasteiger partial charge in [-0.3, -0.25) is 0 Å². The van der Waals surface area contributed by atoms with E-state index in [4.69, 9.17) is 17.2 Å². The van der Waals surface area contributed by atoms with Crippen molar-refractivity contribution in [2.75, 3.05) is 17.2 Å². The fraction of sp³-hybridized carbons (Fsp3) is 0.143. The van der Waals surface area contributed by atoms with Crippen molar-refractivity contribution in [3.63, 3.8) is 0 Å². The van der Waals surface area contributed by atoms with Gasteiger partial charge in [0, 0.05) is 0 Å². The average Bonchev–Trinajstić information content (AvgIpc) is 2.13. The van der Waals surface area contributed by atoms with E-state index in [0.29, 0.717) is 0 Å². The lowest BCUT2D eigenvalue weighted by Crippen LogP contribution is -2.15. The summed E-state index contributed by atoms with van der Waals surface area (Å²) in [4.78, 5) is 13.8. The smallest absolute Gasteiger partial charge is 0.382 e. The fourth-order valence-electron chi connectivity index (χ4n) is 1.21. The number of alkyl halides is 3. The quantitative estimate of drug-likeness (QED) is 0.603. The van der Waals surface area contributed by atoms with Crippen LogP contribution >= 0.6 is 0 Å². The summed E-state index contributed by atoms with van der Waals surface area (Å²) in [7, 11) is 0. The Kier molecular flexibility index (Phi) is 2.16. The molecule has 0 aliphatic heterocycles. The molecule has 7 nitrogen and oxygen atoms in total. The van der Waals surface area contributed by atoms with Crippen molar-refractivity contribution >= 4 is 28.7 Å². The molecule has 6 N–H and O–H groups in total. The lowest BCUT2D eigenvalue weighted by Gasteiger charge is -2.09. The predicted octanol–water partition coefficient (Wildman–Crippen LogP) is 0.185. The lowest BCUT2D eigenvalue weighted by molar-refractivity contribution is -0.140. The molecule has 0 saturated heterocycles. The second kappa shape index (κ2) is 3.30. The lowest BCUT2D eigenvalue weighted by atomic mass is 10.3. The van der Waals surface area contributed by atoms with Crippen LogP contribution in [0.2, 0.25) is 0 Å². The Hall–Kier alpha value is -2.39. The minimum atomic E-state index is -4.72. The number of hydrogen-bond donors (Lipinski definition) is 3. The largest absolute Gasteiger partial charge is 0.437 e. The number of nitrogens with two attached hydrogens (primary N) is 3. The van der Waals surface area contributed by atoms with Gasteiger partial charge < -0.3 is 17.2 Å². The molecule has 0 atom stereocenters. The molecule has 0 fully saturated rings. The molecule has 0 amide bonds. The minimum Gasteiger partial charge on any atom is -0.382 e. The van der Waals surface area contributed by atoms with Crippen molar-refractivity contribution in [3.05, 3.63) is 5.69 Å². The van der Waals surface area contributed by atoms with E-state index >= 15 is 0 Å². The number of hydrogen-bond acceptors (Lipinski definition) is 7. The number of nitrogens with zero attached hydrogens (tertiary/aromatic N) is 4. The molecule has 0 radical (unpaired) electrons. The van der Waals surface area contributed by atoms with E-state index in [2.05, 4.69) is 19.9 Å². The zero-order valence-electron chi connectivity index (χ0n) is 8.15. The van der Waals surface area contributed by atoms with Crippen LogP contribution in [0.15, 0.2) is 0 Å². The Morgan fingerprint density at radius 1 is 0.824 bits per heavy atom. The molecule has 17 heavy (non-hydrogen) atoms. The Morgan fingerprint density at radius 2 is 1.47 bits per heavy atom. The Labute approximate surface area is 91.9 Å². The predicted molar refractivity (Wildman–Crippen MR) is 53.4 cm³/mol. The first-order valence-electron chi connectivity index (χ1n) is 4.22. The summed E-state index contributed by atoms with van der Waals surface area (Å²) in [5, 5.41) is 0. The zero-order chi connectivity index (χ0) is 12.8. The fourth-order valence-corrected chi connectivity index (χ4v) is 1.21. The van der Waals surface area contributed by atoms with Crippen LogP contribution in [0.4, 0.5) is 30.8 Å². The van der Waals surface area contributed by atoms with Crippen molar-refractivity contribution in [2.45, 2.75) is 6.18 Å². The molecule has 10 heteroatoms. The van der Waals surface area contributed by atoms with Gasteiger partial charge in [0.15, 0.2) is 28.5 Å². The molecule has 90 valence electrons. The summed E-state index contributed by atoms with van der Waals surface area (Å²) in [5.74, 6) is -1.29. The van der Waals surface area contributed by atoms with E-state index in [1.165, 1.54) is 0 Å². The number of anilines is 3. The standard InChI is InChI=1S/C7H6F3N7/c8-7(9,10)2-4(12)15-5-1(14-2)3(11)16-6(13)17-5/h(H6,11,12,13,15,16,17). The van der Waals surface area contributed by atoms with Crippen molar-refractivity contribution < 1.29 is 13.2 Å². The van der Waals surface area contributed by atoms with Gasteiger partial charge in [-0.1, -0.05) is 0 Å². The van der Waals surface area contributed by atoms with E-state index in [1.54, 1.807) is 0 Å². The van der Waals surface area contributed by atoms with Gasteiger partial charge in [-0.05, 0) is 0 Å². The summed E-state index contributed by atoms with van der Waals surface area (Å²) in [5.41, 5.74) is 14.0. The third-order valence-electron chi connectivity index (χ3n) is 1.87. The minimum absolute atomic E-state index is 0.180. The van der Waals surface area contributed by atoms with Gasteiger partial charge in [-0.25, -0.2) is 9.97 Å². The van der Waals surface area contributed by atoms with E-state index in [1.807, 2.05) is 0 Å². The number of halogens is 3. The van der Waals surface area contributed by atoms with Crippen LogP contribution in [-0.2, 0) is 6.18 Å². The van der Waals surface area contributed by atoms with Crippen LogP contribution in [-0.4, -0.2) is 19.9 Å². The Bertz CT molecular complexity index is 594. The zero-order valence-corrected chi connectivity index (χ0v) is 8.15. The highest BCUT2D eigenvalue weighted by molar-refractivity contribution is 5.83. The van der Waals surface area contributed by atoms with Crippen LogP contribution in [0.1, 0.15) is 5.69 Å². The van der Waals surface area contributed by atoms with Gasteiger partial charge in [-0.15, -0.1) is 0 Å². The SMILES string of the molecule is Nc1nc(N)c2nc(C(F)(F)F)c(N)nc2n1. The van der Waals surface area contributed by atoms with Crippen LogP contribution in [0.5, 0.6) is 0 Å². The van der Waals surface area contributed by atoms with Gasteiger partial charge >= 0.3 is 6.18 Å². The topological polar surface area (TPSA) is 130 Å². The Morgan fingerprint density at radius 3 is 2.06 bits per heavy atom. The summed E-state index contributed by atoms with van der Waals surface area (Å²) >= 11 is 0. The second-order valence-corrected chi connectivity index (χ2v) is 3.09. The van der Waals surface area contributed by atoms with Gasteiger partial charge in [0.25, 0.3) is 0 Å². The summed E-state index contributed by atoms with van der Waals surface area (Å²) in [6, 6.07) is 0. The van der Waals surface area contributed by atoms with Gasteiger partial charge in [0.1, 0.15) is 0 Å². The van der Waals surface area contributed by atoms with E-state index in [9.17, 15) is 13.2 Å². The van der Waals surface area contributed by atoms with E-state index in [-0.39, 0.29) is 22.9 Å². The molecule has 2 aromatic rings.